The maximum absolute atomic E-state index is 10.6. The predicted molar refractivity (Wildman–Crippen MR) is 139 cm³/mol. The van der Waals surface area contributed by atoms with Gasteiger partial charge in [0, 0.05) is 25.7 Å². The van der Waals surface area contributed by atoms with Crippen LogP contribution in [0.1, 0.15) is 39.0 Å². The zero-order chi connectivity index (χ0) is 25.4. The van der Waals surface area contributed by atoms with Crippen LogP contribution in [0, 0.1) is 12.8 Å². The Bertz CT molecular complexity index is 1050. The van der Waals surface area contributed by atoms with Crippen LogP contribution in [0.5, 0.6) is 17.4 Å². The number of hydrogen-bond donors (Lipinski definition) is 1. The Morgan fingerprint density at radius 3 is 2.23 bits per heavy atom. The molecule has 0 amide bonds. The number of aliphatic hydroxyl groups is 1. The first kappa shape index (κ1) is 26.7. The largest absolute Gasteiger partial charge is 0.493 e. The van der Waals surface area contributed by atoms with Crippen molar-refractivity contribution in [2.45, 2.75) is 53.3 Å². The van der Waals surface area contributed by atoms with Crippen molar-refractivity contribution in [3.8, 4) is 23.1 Å². The smallest absolute Gasteiger partial charge is 0.227 e. The fourth-order valence-corrected chi connectivity index (χ4v) is 3.80. The van der Waals surface area contributed by atoms with Gasteiger partial charge in [-0.3, -0.25) is 4.90 Å². The molecule has 0 spiro atoms. The number of hydrogen-bond acceptors (Lipinski definition) is 6. The molecule has 1 aromatic heterocycles. The van der Waals surface area contributed by atoms with Crippen molar-refractivity contribution in [2.75, 3.05) is 26.9 Å². The van der Waals surface area contributed by atoms with Crippen molar-refractivity contribution in [3.63, 3.8) is 0 Å². The maximum atomic E-state index is 10.6. The number of rotatable bonds is 13. The van der Waals surface area contributed by atoms with Gasteiger partial charge in [0.05, 0.1) is 36.8 Å². The first-order chi connectivity index (χ1) is 16.8. The number of ether oxygens (including phenoxy) is 3. The number of aromatic nitrogens is 2. The normalized spacial score (nSPS) is 12.5. The second-order valence-corrected chi connectivity index (χ2v) is 9.48. The highest BCUT2D eigenvalue weighted by Crippen LogP contribution is 2.36. The Hall–Kier alpha value is -2.87. The summed E-state index contributed by atoms with van der Waals surface area (Å²) in [5.41, 5.74) is 2.74. The quantitative estimate of drug-likeness (QED) is 0.361. The zero-order valence-corrected chi connectivity index (χ0v) is 21.8. The predicted octanol–water partition coefficient (Wildman–Crippen LogP) is 5.23. The number of nitrogens with zero attached hydrogens (tertiary/aromatic N) is 3. The van der Waals surface area contributed by atoms with Gasteiger partial charge in [-0.1, -0.05) is 44.2 Å². The van der Waals surface area contributed by atoms with Crippen LogP contribution in [-0.2, 0) is 11.3 Å². The van der Waals surface area contributed by atoms with Crippen LogP contribution in [0.15, 0.2) is 54.6 Å². The van der Waals surface area contributed by atoms with E-state index < -0.39 is 6.10 Å². The summed E-state index contributed by atoms with van der Waals surface area (Å²) in [6.45, 7) is 12.4. The summed E-state index contributed by atoms with van der Waals surface area (Å²) in [5.74, 6) is 2.33. The van der Waals surface area contributed by atoms with E-state index in [-0.39, 0.29) is 6.04 Å². The van der Waals surface area contributed by atoms with Gasteiger partial charge >= 0.3 is 0 Å². The fourth-order valence-electron chi connectivity index (χ4n) is 3.80. The second kappa shape index (κ2) is 12.7. The van der Waals surface area contributed by atoms with Gasteiger partial charge in [-0.25, -0.2) is 4.68 Å². The van der Waals surface area contributed by atoms with Crippen molar-refractivity contribution in [1.82, 2.24) is 14.7 Å². The van der Waals surface area contributed by atoms with Crippen LogP contribution in [0.3, 0.4) is 0 Å². The Kier molecular flexibility index (Phi) is 9.72. The minimum absolute atomic E-state index is 0.202. The maximum Gasteiger partial charge on any atom is 0.227 e. The van der Waals surface area contributed by atoms with Gasteiger partial charge < -0.3 is 19.3 Å². The molecular formula is C28H39N3O4. The zero-order valence-electron chi connectivity index (χ0n) is 21.8. The van der Waals surface area contributed by atoms with Gasteiger partial charge in [0.2, 0.25) is 5.88 Å². The van der Waals surface area contributed by atoms with Crippen LogP contribution in [-0.4, -0.2) is 58.8 Å². The molecular weight excluding hydrogens is 442 g/mol. The molecule has 190 valence electrons. The molecule has 0 bridgehead atoms. The summed E-state index contributed by atoms with van der Waals surface area (Å²) in [7, 11) is 1.63. The summed E-state index contributed by atoms with van der Waals surface area (Å²) < 4.78 is 19.5. The highest BCUT2D eigenvalue weighted by molar-refractivity contribution is 5.47. The molecule has 35 heavy (non-hydrogen) atoms. The molecule has 0 radical (unpaired) electrons. The highest BCUT2D eigenvalue weighted by atomic mass is 16.5. The fraction of sp³-hybridized carbons (Fsp3) is 0.464. The lowest BCUT2D eigenvalue weighted by atomic mass is 10.2. The molecule has 0 fully saturated rings. The van der Waals surface area contributed by atoms with Gasteiger partial charge in [-0.2, -0.15) is 5.10 Å². The van der Waals surface area contributed by atoms with E-state index in [0.29, 0.717) is 49.6 Å². The molecule has 3 aromatic rings. The number of methoxy groups -OCH3 is 1. The van der Waals surface area contributed by atoms with Gasteiger partial charge in [0.25, 0.3) is 0 Å². The van der Waals surface area contributed by atoms with E-state index in [2.05, 4.69) is 32.6 Å². The first-order valence-electron chi connectivity index (χ1n) is 12.2. The molecule has 0 unspecified atom stereocenters. The van der Waals surface area contributed by atoms with Crippen LogP contribution in [0.2, 0.25) is 0 Å². The van der Waals surface area contributed by atoms with E-state index in [0.717, 1.165) is 16.9 Å². The third kappa shape index (κ3) is 7.31. The Labute approximate surface area is 209 Å². The second-order valence-electron chi connectivity index (χ2n) is 9.48. The van der Waals surface area contributed by atoms with Crippen LogP contribution in [0.4, 0.5) is 0 Å². The molecule has 0 aliphatic heterocycles. The summed E-state index contributed by atoms with van der Waals surface area (Å²) in [4.78, 5) is 2.22. The lowest BCUT2D eigenvalue weighted by Crippen LogP contribution is -2.39. The number of benzene rings is 2. The van der Waals surface area contributed by atoms with Crippen molar-refractivity contribution < 1.29 is 19.3 Å². The third-order valence-corrected chi connectivity index (χ3v) is 5.71. The third-order valence-electron chi connectivity index (χ3n) is 5.71. The molecule has 1 N–H and O–H groups in total. The molecule has 7 nitrogen and oxygen atoms in total. The van der Waals surface area contributed by atoms with E-state index in [1.54, 1.807) is 7.11 Å². The molecule has 7 heteroatoms. The molecule has 1 atom stereocenters. The van der Waals surface area contributed by atoms with Gasteiger partial charge in [-0.05, 0) is 51.0 Å². The molecule has 1 heterocycles. The summed E-state index contributed by atoms with van der Waals surface area (Å²) in [6.07, 6.45) is -0.584. The first-order valence-corrected chi connectivity index (χ1v) is 12.2. The summed E-state index contributed by atoms with van der Waals surface area (Å²) in [6, 6.07) is 17.7. The Balaban J connectivity index is 1.93. The average Bonchev–Trinajstić information content (AvgIpc) is 3.14. The van der Waals surface area contributed by atoms with Gasteiger partial charge in [0.1, 0.15) is 0 Å². The van der Waals surface area contributed by atoms with E-state index in [1.165, 1.54) is 0 Å². The minimum atomic E-state index is -0.584. The summed E-state index contributed by atoms with van der Waals surface area (Å²) >= 11 is 0. The topological polar surface area (TPSA) is 69.0 Å². The molecule has 0 aliphatic carbocycles. The Morgan fingerprint density at radius 1 is 0.943 bits per heavy atom. The minimum Gasteiger partial charge on any atom is -0.493 e. The van der Waals surface area contributed by atoms with Crippen LogP contribution < -0.4 is 9.47 Å². The molecule has 3 rings (SSSR count). The van der Waals surface area contributed by atoms with Crippen LogP contribution >= 0.6 is 0 Å². The van der Waals surface area contributed by atoms with Crippen molar-refractivity contribution >= 4 is 0 Å². The standard InChI is InChI=1S/C28H39N3O4/c1-20(2)18-34-19-24(32)16-30(21(3)4)17-25-22(5)29-31(23-12-8-7-9-13-23)28(25)35-27-15-11-10-14-26(27)33-6/h7-15,20-21,24,32H,16-19H2,1-6H3/t24-/m1/s1. The van der Waals surface area contributed by atoms with E-state index in [4.69, 9.17) is 19.3 Å². The number of para-hydroxylation sites is 3. The number of aliphatic hydroxyl groups excluding tert-OH is 1. The van der Waals surface area contributed by atoms with Gasteiger partial charge in [-0.15, -0.1) is 0 Å². The average molecular weight is 482 g/mol. The Morgan fingerprint density at radius 2 is 1.60 bits per heavy atom. The SMILES string of the molecule is COc1ccccc1Oc1c(CN(C[C@@H](O)COCC(C)C)C(C)C)c(C)nn1-c1ccccc1. The van der Waals surface area contributed by atoms with Crippen molar-refractivity contribution in [3.05, 3.63) is 65.9 Å². The van der Waals surface area contributed by atoms with Crippen LogP contribution in [0.25, 0.3) is 5.69 Å². The monoisotopic (exact) mass is 481 g/mol. The lowest BCUT2D eigenvalue weighted by Gasteiger charge is -2.29. The van der Waals surface area contributed by atoms with Crippen molar-refractivity contribution in [2.24, 2.45) is 5.92 Å². The van der Waals surface area contributed by atoms with E-state index in [9.17, 15) is 5.11 Å². The number of aryl methyl sites for hydroxylation is 1. The molecule has 0 saturated carbocycles. The molecule has 2 aromatic carbocycles. The molecule has 0 aliphatic rings. The highest BCUT2D eigenvalue weighted by Gasteiger charge is 2.24. The summed E-state index contributed by atoms with van der Waals surface area (Å²) in [5, 5.41) is 15.5. The van der Waals surface area contributed by atoms with E-state index in [1.807, 2.05) is 66.2 Å². The van der Waals surface area contributed by atoms with E-state index >= 15 is 0 Å². The molecule has 0 saturated heterocycles. The van der Waals surface area contributed by atoms with Crippen molar-refractivity contribution in [1.29, 1.82) is 0 Å². The van der Waals surface area contributed by atoms with Gasteiger partial charge in [0.15, 0.2) is 11.5 Å². The lowest BCUT2D eigenvalue weighted by molar-refractivity contribution is 0.00160.